The first kappa shape index (κ1) is 23.9. The molecule has 0 fully saturated rings. The van der Waals surface area contributed by atoms with E-state index in [0.717, 1.165) is 33.6 Å². The van der Waals surface area contributed by atoms with Crippen molar-refractivity contribution in [3.63, 3.8) is 0 Å². The van der Waals surface area contributed by atoms with Gasteiger partial charge in [-0.1, -0.05) is 109 Å². The maximum atomic E-state index is 5.07. The summed E-state index contributed by atoms with van der Waals surface area (Å²) in [6, 6.07) is 51.7. The molecule has 0 saturated heterocycles. The van der Waals surface area contributed by atoms with E-state index in [1.54, 1.807) is 0 Å². The fraction of sp³-hybridized carbons (Fsp3) is 0. The van der Waals surface area contributed by atoms with Gasteiger partial charge in [0, 0.05) is 28.2 Å². The molecule has 0 unspecified atom stereocenters. The van der Waals surface area contributed by atoms with Crippen molar-refractivity contribution in [1.29, 1.82) is 0 Å². The van der Waals surface area contributed by atoms with Gasteiger partial charge in [-0.05, 0) is 74.5 Å². The van der Waals surface area contributed by atoms with E-state index in [1.807, 2.05) is 24.4 Å². The third-order valence-electron chi connectivity index (χ3n) is 8.62. The highest BCUT2D eigenvalue weighted by Crippen LogP contribution is 2.42. The van der Waals surface area contributed by atoms with Crippen LogP contribution in [0.15, 0.2) is 152 Å². The van der Waals surface area contributed by atoms with Crippen molar-refractivity contribution in [3.05, 3.63) is 152 Å². The Kier molecular flexibility index (Phi) is 5.20. The van der Waals surface area contributed by atoms with Gasteiger partial charge in [0.05, 0.1) is 16.6 Å². The van der Waals surface area contributed by atoms with Crippen molar-refractivity contribution in [2.45, 2.75) is 0 Å². The molecule has 2 aromatic heterocycles. The van der Waals surface area contributed by atoms with Crippen LogP contribution in [0.5, 0.6) is 0 Å². The van der Waals surface area contributed by atoms with E-state index in [1.165, 1.54) is 48.8 Å². The van der Waals surface area contributed by atoms with Crippen molar-refractivity contribution in [3.8, 4) is 28.2 Å². The lowest BCUT2D eigenvalue weighted by atomic mass is 9.88. The summed E-state index contributed by atoms with van der Waals surface area (Å²) in [6.07, 6.45) is 1.89. The standard InChI is InChI=1S/C40H25N3/c1-2-11-28(12-3-1)43-37-19-9-8-18-36(37)42-40(43)27-22-20-26(21-23-27)34-25-35-30-14-5-7-16-32(30)39-33(17-10-24-41-39)38(35)31-15-6-4-13-29(31)34/h1-25H. The predicted molar refractivity (Wildman–Crippen MR) is 180 cm³/mol. The SMILES string of the molecule is c1ccc(-n2c(-c3ccc(-c4cc5c6ccccc6c6ncccc6c5c5ccccc45)cc3)nc3ccccc32)cc1. The number of fused-ring (bicyclic) bond motifs is 9. The molecular weight excluding hydrogens is 522 g/mol. The van der Waals surface area contributed by atoms with Crippen LogP contribution >= 0.6 is 0 Å². The predicted octanol–water partition coefficient (Wildman–Crippen LogP) is 10.4. The largest absolute Gasteiger partial charge is 0.292 e. The Hall–Kier alpha value is -5.80. The minimum absolute atomic E-state index is 0.937. The Morgan fingerprint density at radius 2 is 1.12 bits per heavy atom. The summed E-state index contributed by atoms with van der Waals surface area (Å²) in [5.74, 6) is 0.937. The lowest BCUT2D eigenvalue weighted by Crippen LogP contribution is -1.97. The average Bonchev–Trinajstić information content (AvgIpc) is 3.48. The molecule has 0 atom stereocenters. The number of rotatable bonds is 3. The van der Waals surface area contributed by atoms with E-state index in [2.05, 4.69) is 132 Å². The minimum atomic E-state index is 0.937. The Labute approximate surface area is 248 Å². The summed E-state index contributed by atoms with van der Waals surface area (Å²) in [7, 11) is 0. The molecular formula is C40H25N3. The lowest BCUT2D eigenvalue weighted by molar-refractivity contribution is 1.10. The molecule has 0 aliphatic rings. The van der Waals surface area contributed by atoms with Gasteiger partial charge in [0.15, 0.2) is 0 Å². The van der Waals surface area contributed by atoms with Gasteiger partial charge in [-0.15, -0.1) is 0 Å². The zero-order chi connectivity index (χ0) is 28.3. The highest BCUT2D eigenvalue weighted by molar-refractivity contribution is 6.32. The van der Waals surface area contributed by atoms with Gasteiger partial charge in [0.25, 0.3) is 0 Å². The number of hydrogen-bond acceptors (Lipinski definition) is 2. The molecule has 0 radical (unpaired) electrons. The van der Waals surface area contributed by atoms with Crippen LogP contribution in [-0.2, 0) is 0 Å². The number of pyridine rings is 1. The van der Waals surface area contributed by atoms with E-state index in [0.29, 0.717) is 0 Å². The number of benzene rings is 7. The molecule has 9 rings (SSSR count). The molecule has 0 bridgehead atoms. The van der Waals surface area contributed by atoms with Gasteiger partial charge in [-0.2, -0.15) is 0 Å². The Morgan fingerprint density at radius 3 is 1.95 bits per heavy atom. The molecule has 43 heavy (non-hydrogen) atoms. The van der Waals surface area contributed by atoms with Crippen molar-refractivity contribution in [2.75, 3.05) is 0 Å². The summed E-state index contributed by atoms with van der Waals surface area (Å²) in [5.41, 5.74) is 7.72. The highest BCUT2D eigenvalue weighted by Gasteiger charge is 2.17. The Bertz CT molecular complexity index is 2490. The fourth-order valence-corrected chi connectivity index (χ4v) is 6.72. The summed E-state index contributed by atoms with van der Waals surface area (Å²) in [4.78, 5) is 9.89. The summed E-state index contributed by atoms with van der Waals surface area (Å²) < 4.78 is 2.25. The van der Waals surface area contributed by atoms with Gasteiger partial charge in [-0.25, -0.2) is 4.98 Å². The molecule has 0 aliphatic heterocycles. The summed E-state index contributed by atoms with van der Waals surface area (Å²) in [5, 5.41) is 8.59. The zero-order valence-corrected chi connectivity index (χ0v) is 23.3. The monoisotopic (exact) mass is 547 g/mol. The molecule has 0 saturated carbocycles. The molecule has 2 heterocycles. The Morgan fingerprint density at radius 1 is 0.465 bits per heavy atom. The van der Waals surface area contributed by atoms with Crippen LogP contribution in [-0.4, -0.2) is 14.5 Å². The second-order valence-corrected chi connectivity index (χ2v) is 11.0. The molecule has 0 spiro atoms. The number of hydrogen-bond donors (Lipinski definition) is 0. The second kappa shape index (κ2) is 9.37. The number of aromatic nitrogens is 3. The van der Waals surface area contributed by atoms with E-state index >= 15 is 0 Å². The maximum Gasteiger partial charge on any atom is 0.145 e. The van der Waals surface area contributed by atoms with Gasteiger partial charge >= 0.3 is 0 Å². The topological polar surface area (TPSA) is 30.7 Å². The smallest absolute Gasteiger partial charge is 0.145 e. The van der Waals surface area contributed by atoms with Crippen LogP contribution in [0.1, 0.15) is 0 Å². The van der Waals surface area contributed by atoms with Gasteiger partial charge in [-0.3, -0.25) is 9.55 Å². The van der Waals surface area contributed by atoms with E-state index in [9.17, 15) is 0 Å². The third kappa shape index (κ3) is 3.62. The quantitative estimate of drug-likeness (QED) is 0.206. The van der Waals surface area contributed by atoms with Crippen LogP contribution in [0.3, 0.4) is 0 Å². The van der Waals surface area contributed by atoms with Crippen LogP contribution in [0.2, 0.25) is 0 Å². The van der Waals surface area contributed by atoms with Crippen LogP contribution in [0.25, 0.3) is 82.5 Å². The van der Waals surface area contributed by atoms with Crippen molar-refractivity contribution in [1.82, 2.24) is 14.5 Å². The van der Waals surface area contributed by atoms with Crippen molar-refractivity contribution in [2.24, 2.45) is 0 Å². The second-order valence-electron chi connectivity index (χ2n) is 11.0. The minimum Gasteiger partial charge on any atom is -0.292 e. The maximum absolute atomic E-state index is 5.07. The van der Waals surface area contributed by atoms with Crippen molar-refractivity contribution < 1.29 is 0 Å². The zero-order valence-electron chi connectivity index (χ0n) is 23.3. The molecule has 0 aliphatic carbocycles. The summed E-state index contributed by atoms with van der Waals surface area (Å²) in [6.45, 7) is 0. The van der Waals surface area contributed by atoms with Gasteiger partial charge in [0.1, 0.15) is 5.82 Å². The van der Waals surface area contributed by atoms with E-state index in [4.69, 9.17) is 9.97 Å². The molecule has 3 nitrogen and oxygen atoms in total. The number of nitrogens with zero attached hydrogens (tertiary/aromatic N) is 3. The average molecular weight is 548 g/mol. The number of para-hydroxylation sites is 3. The molecule has 9 aromatic rings. The molecule has 0 N–H and O–H groups in total. The van der Waals surface area contributed by atoms with Crippen molar-refractivity contribution >= 4 is 54.3 Å². The number of imidazole rings is 1. The summed E-state index contributed by atoms with van der Waals surface area (Å²) >= 11 is 0. The first-order valence-corrected chi connectivity index (χ1v) is 14.6. The molecule has 7 aromatic carbocycles. The highest BCUT2D eigenvalue weighted by atomic mass is 15.1. The van der Waals surface area contributed by atoms with E-state index < -0.39 is 0 Å². The third-order valence-corrected chi connectivity index (χ3v) is 8.62. The fourth-order valence-electron chi connectivity index (χ4n) is 6.72. The van der Waals surface area contributed by atoms with Crippen LogP contribution < -0.4 is 0 Å². The molecule has 0 amide bonds. The first-order chi connectivity index (χ1) is 21.3. The van der Waals surface area contributed by atoms with Crippen LogP contribution in [0.4, 0.5) is 0 Å². The molecule has 200 valence electrons. The first-order valence-electron chi connectivity index (χ1n) is 14.6. The Balaban J connectivity index is 1.28. The van der Waals surface area contributed by atoms with Crippen LogP contribution in [0, 0.1) is 0 Å². The normalized spacial score (nSPS) is 11.7. The lowest BCUT2D eigenvalue weighted by Gasteiger charge is -2.16. The van der Waals surface area contributed by atoms with Gasteiger partial charge in [0.2, 0.25) is 0 Å². The van der Waals surface area contributed by atoms with Gasteiger partial charge < -0.3 is 0 Å². The van der Waals surface area contributed by atoms with E-state index in [-0.39, 0.29) is 0 Å². The molecule has 3 heteroatoms.